The maximum Gasteiger partial charge on any atom is 0.230 e. The van der Waals surface area contributed by atoms with Crippen molar-refractivity contribution in [1.82, 2.24) is 20.2 Å². The fraction of sp³-hybridized carbons (Fsp3) is 0.625. The maximum absolute atomic E-state index is 11.7. The molecule has 1 aliphatic heterocycles. The normalized spacial score (nSPS) is 17.5. The standard InChI is InChI=1S/C16H24ClN5O2S/c1-4-5-18-15(24)10-25-16-19-13(17)8-14(20-16)21-6-7-22(12(3)23)11(2)9-21/h8,11H,4-7,9-10H2,1-3H3,(H,18,24). The van der Waals surface area contributed by atoms with Crippen LogP contribution in [0.15, 0.2) is 11.2 Å². The van der Waals surface area contributed by atoms with Crippen LogP contribution >= 0.6 is 23.4 Å². The van der Waals surface area contributed by atoms with Crippen molar-refractivity contribution in [3.63, 3.8) is 0 Å². The molecule has 2 rings (SSSR count). The van der Waals surface area contributed by atoms with Crippen LogP contribution in [0.5, 0.6) is 0 Å². The largest absolute Gasteiger partial charge is 0.355 e. The zero-order valence-electron chi connectivity index (χ0n) is 14.8. The van der Waals surface area contributed by atoms with E-state index in [4.69, 9.17) is 11.6 Å². The Morgan fingerprint density at radius 3 is 2.80 bits per heavy atom. The van der Waals surface area contributed by atoms with Gasteiger partial charge in [-0.1, -0.05) is 30.3 Å². The lowest BCUT2D eigenvalue weighted by molar-refractivity contribution is -0.131. The zero-order chi connectivity index (χ0) is 18.4. The summed E-state index contributed by atoms with van der Waals surface area (Å²) < 4.78 is 0. The number of carbonyl (C=O) groups is 2. The van der Waals surface area contributed by atoms with Crippen LogP contribution in [0.1, 0.15) is 27.2 Å². The second-order valence-electron chi connectivity index (χ2n) is 5.98. The number of nitrogens with zero attached hydrogens (tertiary/aromatic N) is 4. The van der Waals surface area contributed by atoms with Gasteiger partial charge in [-0.2, -0.15) is 0 Å². The quantitative estimate of drug-likeness (QED) is 0.457. The molecule has 1 aromatic rings. The molecule has 1 saturated heterocycles. The van der Waals surface area contributed by atoms with Gasteiger partial charge in [0, 0.05) is 45.2 Å². The van der Waals surface area contributed by atoms with Gasteiger partial charge in [-0.25, -0.2) is 9.97 Å². The molecule has 0 aromatic carbocycles. The molecule has 1 unspecified atom stereocenters. The number of piperazine rings is 1. The van der Waals surface area contributed by atoms with E-state index >= 15 is 0 Å². The van der Waals surface area contributed by atoms with Crippen molar-refractivity contribution in [2.45, 2.75) is 38.4 Å². The lowest BCUT2D eigenvalue weighted by Gasteiger charge is -2.40. The summed E-state index contributed by atoms with van der Waals surface area (Å²) >= 11 is 7.40. The highest BCUT2D eigenvalue weighted by molar-refractivity contribution is 7.99. The number of amides is 2. The van der Waals surface area contributed by atoms with Crippen molar-refractivity contribution < 1.29 is 9.59 Å². The van der Waals surface area contributed by atoms with E-state index in [0.717, 1.165) is 12.2 Å². The van der Waals surface area contributed by atoms with E-state index in [-0.39, 0.29) is 23.6 Å². The average molecular weight is 386 g/mol. The van der Waals surface area contributed by atoms with Gasteiger partial charge in [-0.15, -0.1) is 0 Å². The van der Waals surface area contributed by atoms with Crippen LogP contribution in [0.25, 0.3) is 0 Å². The molecule has 0 radical (unpaired) electrons. The van der Waals surface area contributed by atoms with E-state index in [2.05, 4.69) is 20.2 Å². The summed E-state index contributed by atoms with van der Waals surface area (Å²) in [4.78, 5) is 36.0. The Bertz CT molecular complexity index is 631. The molecule has 0 aliphatic carbocycles. The van der Waals surface area contributed by atoms with Gasteiger partial charge in [-0.3, -0.25) is 9.59 Å². The highest BCUT2D eigenvalue weighted by Crippen LogP contribution is 2.24. The first-order valence-corrected chi connectivity index (χ1v) is 9.73. The molecule has 0 bridgehead atoms. The summed E-state index contributed by atoms with van der Waals surface area (Å²) in [5.41, 5.74) is 0. The third-order valence-electron chi connectivity index (χ3n) is 3.92. The van der Waals surface area contributed by atoms with Gasteiger partial charge in [0.05, 0.1) is 5.75 Å². The highest BCUT2D eigenvalue weighted by atomic mass is 35.5. The Hall–Kier alpha value is -1.54. The first kappa shape index (κ1) is 19.8. The Kier molecular flexibility index (Phi) is 7.31. The summed E-state index contributed by atoms with van der Waals surface area (Å²) in [6.45, 7) is 8.31. The molecule has 0 saturated carbocycles. The average Bonchev–Trinajstić information content (AvgIpc) is 2.57. The number of hydrogen-bond donors (Lipinski definition) is 1. The van der Waals surface area contributed by atoms with Crippen LogP contribution in [-0.2, 0) is 9.59 Å². The number of nitrogens with one attached hydrogen (secondary N) is 1. The van der Waals surface area contributed by atoms with E-state index in [1.54, 1.807) is 13.0 Å². The topological polar surface area (TPSA) is 78.4 Å². The number of aromatic nitrogens is 2. The number of halogens is 1. The van der Waals surface area contributed by atoms with Gasteiger partial charge < -0.3 is 15.1 Å². The van der Waals surface area contributed by atoms with E-state index in [0.29, 0.717) is 36.5 Å². The lowest BCUT2D eigenvalue weighted by Crippen LogP contribution is -2.53. The zero-order valence-corrected chi connectivity index (χ0v) is 16.4. The molecule has 1 atom stereocenters. The monoisotopic (exact) mass is 385 g/mol. The minimum atomic E-state index is -0.0410. The molecular formula is C16H24ClN5O2S. The second-order valence-corrected chi connectivity index (χ2v) is 7.31. The SMILES string of the molecule is CCCNC(=O)CSc1nc(Cl)cc(N2CCN(C(C)=O)C(C)C2)n1. The van der Waals surface area contributed by atoms with Crippen molar-refractivity contribution in [1.29, 1.82) is 0 Å². The first-order valence-electron chi connectivity index (χ1n) is 8.37. The smallest absolute Gasteiger partial charge is 0.230 e. The lowest BCUT2D eigenvalue weighted by atomic mass is 10.2. The van der Waals surface area contributed by atoms with Crippen molar-refractivity contribution >= 4 is 41.0 Å². The van der Waals surface area contributed by atoms with Crippen molar-refractivity contribution in [2.24, 2.45) is 0 Å². The van der Waals surface area contributed by atoms with E-state index < -0.39 is 0 Å². The highest BCUT2D eigenvalue weighted by Gasteiger charge is 2.26. The third-order valence-corrected chi connectivity index (χ3v) is 4.96. The molecule has 2 amide bonds. The van der Waals surface area contributed by atoms with Gasteiger partial charge in [0.25, 0.3) is 0 Å². The molecule has 9 heteroatoms. The summed E-state index contributed by atoms with van der Waals surface area (Å²) in [6, 6.07) is 1.83. The maximum atomic E-state index is 11.7. The van der Waals surface area contributed by atoms with Crippen molar-refractivity contribution in [3.05, 3.63) is 11.2 Å². The number of thioether (sulfide) groups is 1. The van der Waals surface area contributed by atoms with Crippen LogP contribution in [0.2, 0.25) is 5.15 Å². The minimum Gasteiger partial charge on any atom is -0.355 e. The van der Waals surface area contributed by atoms with Crippen LogP contribution in [0.3, 0.4) is 0 Å². The van der Waals surface area contributed by atoms with Gasteiger partial charge in [0.2, 0.25) is 11.8 Å². The number of hydrogen-bond acceptors (Lipinski definition) is 6. The fourth-order valence-corrected chi connectivity index (χ4v) is 3.60. The molecule has 1 aliphatic rings. The van der Waals surface area contributed by atoms with Gasteiger partial charge in [-0.05, 0) is 13.3 Å². The van der Waals surface area contributed by atoms with Crippen LogP contribution < -0.4 is 10.2 Å². The molecule has 1 N–H and O–H groups in total. The molecule has 1 fully saturated rings. The second kappa shape index (κ2) is 9.24. The van der Waals surface area contributed by atoms with E-state index in [9.17, 15) is 9.59 Å². The van der Waals surface area contributed by atoms with E-state index in [1.807, 2.05) is 18.7 Å². The molecule has 1 aromatic heterocycles. The van der Waals surface area contributed by atoms with Crippen molar-refractivity contribution in [2.75, 3.05) is 36.8 Å². The first-order chi connectivity index (χ1) is 11.9. The third kappa shape index (κ3) is 5.74. The molecule has 0 spiro atoms. The van der Waals surface area contributed by atoms with Gasteiger partial charge in [0.1, 0.15) is 11.0 Å². The molecule has 138 valence electrons. The van der Waals surface area contributed by atoms with Crippen LogP contribution in [-0.4, -0.2) is 64.7 Å². The Morgan fingerprint density at radius 1 is 1.40 bits per heavy atom. The summed E-state index contributed by atoms with van der Waals surface area (Å²) in [5.74, 6) is 1.03. The Labute approximate surface area is 157 Å². The van der Waals surface area contributed by atoms with Crippen molar-refractivity contribution in [3.8, 4) is 0 Å². The predicted molar refractivity (Wildman–Crippen MR) is 100 cm³/mol. The molecular weight excluding hydrogens is 362 g/mol. The molecule has 2 heterocycles. The number of carbonyl (C=O) groups excluding carboxylic acids is 2. The Balaban J connectivity index is 2.01. The summed E-state index contributed by atoms with van der Waals surface area (Å²) in [7, 11) is 0. The predicted octanol–water partition coefficient (Wildman–Crippen LogP) is 1.81. The minimum absolute atomic E-state index is 0.0410. The number of rotatable bonds is 6. The van der Waals surface area contributed by atoms with Gasteiger partial charge >= 0.3 is 0 Å². The molecule has 7 nitrogen and oxygen atoms in total. The van der Waals surface area contributed by atoms with Gasteiger partial charge in [0.15, 0.2) is 5.16 Å². The fourth-order valence-electron chi connectivity index (χ4n) is 2.69. The summed E-state index contributed by atoms with van der Waals surface area (Å²) in [6.07, 6.45) is 0.901. The molecule has 25 heavy (non-hydrogen) atoms. The summed E-state index contributed by atoms with van der Waals surface area (Å²) in [5, 5.41) is 3.65. The van der Waals surface area contributed by atoms with Crippen LogP contribution in [0.4, 0.5) is 5.82 Å². The Morgan fingerprint density at radius 2 is 2.16 bits per heavy atom. The van der Waals surface area contributed by atoms with Crippen LogP contribution in [0, 0.1) is 0 Å². The number of anilines is 1. The van der Waals surface area contributed by atoms with E-state index in [1.165, 1.54) is 11.8 Å².